The summed E-state index contributed by atoms with van der Waals surface area (Å²) in [7, 11) is 5.90. The molecule has 1 aliphatic carbocycles. The Bertz CT molecular complexity index is 596. The van der Waals surface area contributed by atoms with Gasteiger partial charge in [0.1, 0.15) is 23.0 Å². The molecule has 6 nitrogen and oxygen atoms in total. The second-order valence-corrected chi connectivity index (χ2v) is 6.94. The lowest BCUT2D eigenvalue weighted by Crippen LogP contribution is -2.64. The number of aliphatic imine (C=N–C) groups is 1. The predicted octanol–water partition coefficient (Wildman–Crippen LogP) is 1.87. The second-order valence-electron chi connectivity index (χ2n) is 6.94. The maximum Gasteiger partial charge on any atom is 0.200 e. The van der Waals surface area contributed by atoms with Crippen molar-refractivity contribution < 1.29 is 0 Å². The lowest BCUT2D eigenvalue weighted by Gasteiger charge is -2.43. The molecule has 0 aromatic carbocycles. The Balaban J connectivity index is 2.19. The van der Waals surface area contributed by atoms with Crippen LogP contribution in [0.25, 0.3) is 0 Å². The van der Waals surface area contributed by atoms with Crippen LogP contribution in [0.3, 0.4) is 0 Å². The van der Waals surface area contributed by atoms with Gasteiger partial charge in [0.2, 0.25) is 5.96 Å². The van der Waals surface area contributed by atoms with E-state index < -0.39 is 5.66 Å². The van der Waals surface area contributed by atoms with Crippen LogP contribution in [0.5, 0.6) is 0 Å². The van der Waals surface area contributed by atoms with Crippen molar-refractivity contribution in [3.05, 3.63) is 11.5 Å². The average Bonchev–Trinajstić information content (AvgIpc) is 3.11. The van der Waals surface area contributed by atoms with Gasteiger partial charge in [-0.15, -0.1) is 0 Å². The molecule has 1 aromatic rings. The monoisotopic (exact) mass is 304 g/mol. The standard InChI is InChI=1S/C16H28N6/c1-10(2)13-19-12-14(21(13)4)22(5)15(18-3)20-16(12,17)11-8-6-7-9-11/h10-11H,6-9,17H2,1-5H3,(H,18,20). The first-order valence-electron chi connectivity index (χ1n) is 8.24. The Morgan fingerprint density at radius 3 is 2.50 bits per heavy atom. The minimum atomic E-state index is -0.613. The highest BCUT2D eigenvalue weighted by molar-refractivity contribution is 5.98. The summed E-state index contributed by atoms with van der Waals surface area (Å²) in [5.41, 5.74) is 7.25. The molecule has 0 spiro atoms. The first kappa shape index (κ1) is 15.3. The molecular weight excluding hydrogens is 276 g/mol. The maximum absolute atomic E-state index is 6.89. The topological polar surface area (TPSA) is 71.5 Å². The molecule has 0 bridgehead atoms. The van der Waals surface area contributed by atoms with Crippen LogP contribution >= 0.6 is 0 Å². The van der Waals surface area contributed by atoms with Crippen molar-refractivity contribution in [2.45, 2.75) is 51.1 Å². The zero-order valence-electron chi connectivity index (χ0n) is 14.3. The van der Waals surface area contributed by atoms with E-state index in [4.69, 9.17) is 10.7 Å². The van der Waals surface area contributed by atoms with Crippen LogP contribution in [0, 0.1) is 5.92 Å². The molecule has 6 heteroatoms. The summed E-state index contributed by atoms with van der Waals surface area (Å²) < 4.78 is 2.17. The van der Waals surface area contributed by atoms with Gasteiger partial charge in [-0.05, 0) is 12.8 Å². The van der Waals surface area contributed by atoms with E-state index in [-0.39, 0.29) is 0 Å². The second kappa shape index (κ2) is 5.26. The van der Waals surface area contributed by atoms with Crippen LogP contribution in [-0.4, -0.2) is 29.6 Å². The SMILES string of the molecule is CN=C1NC(N)(C2CCCC2)c2nc(C(C)C)n(C)c2N1C. The third-order valence-corrected chi connectivity index (χ3v) is 5.17. The summed E-state index contributed by atoms with van der Waals surface area (Å²) >= 11 is 0. The summed E-state index contributed by atoms with van der Waals surface area (Å²) in [6.07, 6.45) is 4.80. The summed E-state index contributed by atoms with van der Waals surface area (Å²) in [4.78, 5) is 11.4. The van der Waals surface area contributed by atoms with Gasteiger partial charge in [0.25, 0.3) is 0 Å². The molecule has 3 rings (SSSR count). The number of fused-ring (bicyclic) bond motifs is 1. The Morgan fingerprint density at radius 2 is 1.95 bits per heavy atom. The zero-order chi connectivity index (χ0) is 16.1. The quantitative estimate of drug-likeness (QED) is 0.875. The third-order valence-electron chi connectivity index (χ3n) is 5.17. The van der Waals surface area contributed by atoms with Gasteiger partial charge in [-0.3, -0.25) is 9.89 Å². The lowest BCUT2D eigenvalue weighted by atomic mass is 9.87. The fraction of sp³-hybridized carbons (Fsp3) is 0.750. The van der Waals surface area contributed by atoms with Crippen LogP contribution in [-0.2, 0) is 12.7 Å². The number of guanidine groups is 1. The lowest BCUT2D eigenvalue weighted by molar-refractivity contribution is 0.243. The molecular formula is C16H28N6. The van der Waals surface area contributed by atoms with E-state index in [2.05, 4.69) is 40.7 Å². The predicted molar refractivity (Wildman–Crippen MR) is 90.0 cm³/mol. The van der Waals surface area contributed by atoms with Gasteiger partial charge in [-0.1, -0.05) is 26.7 Å². The van der Waals surface area contributed by atoms with Gasteiger partial charge in [0, 0.05) is 33.0 Å². The van der Waals surface area contributed by atoms with Crippen LogP contribution in [0.4, 0.5) is 5.82 Å². The average molecular weight is 304 g/mol. The minimum absolute atomic E-state index is 0.360. The van der Waals surface area contributed by atoms with Crippen LogP contribution < -0.4 is 16.0 Å². The van der Waals surface area contributed by atoms with E-state index >= 15 is 0 Å². The number of nitrogens with one attached hydrogen (secondary N) is 1. The largest absolute Gasteiger partial charge is 0.332 e. The van der Waals surface area contributed by atoms with Crippen LogP contribution in [0.2, 0.25) is 0 Å². The number of rotatable bonds is 2. The first-order valence-corrected chi connectivity index (χ1v) is 8.24. The molecule has 0 saturated heterocycles. The third kappa shape index (κ3) is 2.04. The van der Waals surface area contributed by atoms with Crippen molar-refractivity contribution in [1.29, 1.82) is 0 Å². The van der Waals surface area contributed by atoms with Crippen molar-refractivity contribution in [3.8, 4) is 0 Å². The van der Waals surface area contributed by atoms with Crippen LogP contribution in [0.15, 0.2) is 4.99 Å². The van der Waals surface area contributed by atoms with E-state index in [9.17, 15) is 0 Å². The van der Waals surface area contributed by atoms with Crippen molar-refractivity contribution in [1.82, 2.24) is 14.9 Å². The summed E-state index contributed by atoms with van der Waals surface area (Å²) in [6, 6.07) is 0. The van der Waals surface area contributed by atoms with Crippen LogP contribution in [0.1, 0.15) is 57.0 Å². The first-order chi connectivity index (χ1) is 10.4. The van der Waals surface area contributed by atoms with Gasteiger partial charge in [-0.25, -0.2) is 4.98 Å². The molecule has 0 amide bonds. The van der Waals surface area contributed by atoms with Crippen molar-refractivity contribution in [2.75, 3.05) is 19.0 Å². The molecule has 0 radical (unpaired) electrons. The highest BCUT2D eigenvalue weighted by atomic mass is 15.4. The maximum atomic E-state index is 6.89. The smallest absolute Gasteiger partial charge is 0.200 e. The molecule has 1 saturated carbocycles. The molecule has 122 valence electrons. The highest BCUT2D eigenvalue weighted by Crippen LogP contribution is 2.43. The highest BCUT2D eigenvalue weighted by Gasteiger charge is 2.47. The minimum Gasteiger partial charge on any atom is -0.332 e. The summed E-state index contributed by atoms with van der Waals surface area (Å²) in [6.45, 7) is 4.34. The molecule has 1 aliphatic heterocycles. The fourth-order valence-electron chi connectivity index (χ4n) is 4.00. The molecule has 2 aliphatic rings. The van der Waals surface area contributed by atoms with Gasteiger partial charge >= 0.3 is 0 Å². The molecule has 3 N–H and O–H groups in total. The number of hydrogen-bond donors (Lipinski definition) is 2. The molecule has 2 heterocycles. The fourth-order valence-corrected chi connectivity index (χ4v) is 4.00. The molecule has 1 fully saturated rings. The molecule has 1 aromatic heterocycles. The van der Waals surface area contributed by atoms with Gasteiger partial charge < -0.3 is 15.6 Å². The number of imidazole rings is 1. The summed E-state index contributed by atoms with van der Waals surface area (Å²) in [5, 5.41) is 3.48. The molecule has 1 unspecified atom stereocenters. The van der Waals surface area contributed by atoms with E-state index in [1.165, 1.54) is 12.8 Å². The molecule has 1 atom stereocenters. The Morgan fingerprint density at radius 1 is 1.32 bits per heavy atom. The van der Waals surface area contributed by atoms with E-state index in [0.29, 0.717) is 11.8 Å². The van der Waals surface area contributed by atoms with E-state index in [1.807, 2.05) is 7.05 Å². The number of aromatic nitrogens is 2. The number of anilines is 1. The number of hydrogen-bond acceptors (Lipinski definition) is 3. The Kier molecular flexibility index (Phi) is 3.67. The summed E-state index contributed by atoms with van der Waals surface area (Å²) in [5.74, 6) is 3.73. The zero-order valence-corrected chi connectivity index (χ0v) is 14.3. The van der Waals surface area contributed by atoms with Gasteiger partial charge in [0.05, 0.1) is 0 Å². The molecule has 22 heavy (non-hydrogen) atoms. The number of nitrogens with two attached hydrogens (primary N) is 1. The Labute approximate surface area is 132 Å². The van der Waals surface area contributed by atoms with Crippen molar-refractivity contribution in [2.24, 2.45) is 23.7 Å². The van der Waals surface area contributed by atoms with Gasteiger partial charge in [-0.2, -0.15) is 0 Å². The normalized spacial score (nSPS) is 27.6. The van der Waals surface area contributed by atoms with E-state index in [0.717, 1.165) is 36.1 Å². The van der Waals surface area contributed by atoms with Crippen molar-refractivity contribution >= 4 is 11.8 Å². The Hall–Kier alpha value is -1.56. The van der Waals surface area contributed by atoms with E-state index in [1.54, 1.807) is 7.05 Å². The van der Waals surface area contributed by atoms with Crippen molar-refractivity contribution in [3.63, 3.8) is 0 Å². The van der Waals surface area contributed by atoms with Gasteiger partial charge in [0.15, 0.2) is 0 Å². The number of nitrogens with zero attached hydrogens (tertiary/aromatic N) is 4.